The van der Waals surface area contributed by atoms with Crippen molar-refractivity contribution in [2.75, 3.05) is 11.9 Å². The minimum atomic E-state index is 0.0655. The van der Waals surface area contributed by atoms with Gasteiger partial charge in [0.15, 0.2) is 0 Å². The molecule has 3 nitrogen and oxygen atoms in total. The minimum absolute atomic E-state index is 0.0655. The van der Waals surface area contributed by atoms with Crippen molar-refractivity contribution in [3.05, 3.63) is 83.9 Å². The standard InChI is InChI=1S/C23H25NO2/c1-17-9-10-18(2)23(15-17)25-19(3)16-24-20-11-13-22(14-12-20)26-21-7-5-4-6-8-21/h4-15,19,24H,16H2,1-3H3/t19-/m0/s1. The van der Waals surface area contributed by atoms with E-state index in [2.05, 4.69) is 44.3 Å². The van der Waals surface area contributed by atoms with E-state index in [4.69, 9.17) is 9.47 Å². The van der Waals surface area contributed by atoms with Crippen LogP contribution in [0.4, 0.5) is 5.69 Å². The smallest absolute Gasteiger partial charge is 0.127 e. The number of ether oxygens (including phenoxy) is 2. The molecule has 0 aliphatic heterocycles. The van der Waals surface area contributed by atoms with Crippen molar-refractivity contribution in [3.8, 4) is 17.2 Å². The third-order valence-electron chi connectivity index (χ3n) is 4.10. The Bertz CT molecular complexity index is 829. The van der Waals surface area contributed by atoms with Crippen LogP contribution in [0, 0.1) is 13.8 Å². The Labute approximate surface area is 155 Å². The van der Waals surface area contributed by atoms with Crippen LogP contribution in [0.2, 0.25) is 0 Å². The zero-order valence-corrected chi connectivity index (χ0v) is 15.5. The molecule has 0 fully saturated rings. The van der Waals surface area contributed by atoms with Crippen molar-refractivity contribution in [2.24, 2.45) is 0 Å². The molecule has 0 spiro atoms. The first-order valence-electron chi connectivity index (χ1n) is 8.91. The van der Waals surface area contributed by atoms with Crippen LogP contribution in [-0.2, 0) is 0 Å². The lowest BCUT2D eigenvalue weighted by Crippen LogP contribution is -2.23. The zero-order valence-electron chi connectivity index (χ0n) is 15.5. The maximum Gasteiger partial charge on any atom is 0.127 e. The van der Waals surface area contributed by atoms with Crippen LogP contribution in [0.5, 0.6) is 17.2 Å². The van der Waals surface area contributed by atoms with Gasteiger partial charge < -0.3 is 14.8 Å². The average Bonchev–Trinajstić information content (AvgIpc) is 2.65. The monoisotopic (exact) mass is 347 g/mol. The molecule has 0 saturated carbocycles. The van der Waals surface area contributed by atoms with Gasteiger partial charge in [0.2, 0.25) is 0 Å². The molecule has 3 rings (SSSR count). The number of para-hydroxylation sites is 1. The zero-order chi connectivity index (χ0) is 18.4. The minimum Gasteiger partial charge on any atom is -0.489 e. The van der Waals surface area contributed by atoms with E-state index in [1.54, 1.807) is 0 Å². The lowest BCUT2D eigenvalue weighted by Gasteiger charge is -2.18. The summed E-state index contributed by atoms with van der Waals surface area (Å²) < 4.78 is 11.9. The largest absolute Gasteiger partial charge is 0.489 e. The van der Waals surface area contributed by atoms with Crippen LogP contribution in [-0.4, -0.2) is 12.6 Å². The fourth-order valence-electron chi connectivity index (χ4n) is 2.62. The molecule has 0 aliphatic carbocycles. The Morgan fingerprint density at radius 1 is 0.846 bits per heavy atom. The van der Waals surface area contributed by atoms with Gasteiger partial charge in [0.1, 0.15) is 23.4 Å². The Kier molecular flexibility index (Phi) is 5.80. The van der Waals surface area contributed by atoms with Crippen LogP contribution in [0.15, 0.2) is 72.8 Å². The third-order valence-corrected chi connectivity index (χ3v) is 4.10. The molecule has 0 radical (unpaired) electrons. The molecule has 3 aromatic carbocycles. The predicted octanol–water partition coefficient (Wildman–Crippen LogP) is 5.98. The summed E-state index contributed by atoms with van der Waals surface area (Å²) in [7, 11) is 0. The molecule has 26 heavy (non-hydrogen) atoms. The second-order valence-corrected chi connectivity index (χ2v) is 6.52. The topological polar surface area (TPSA) is 30.5 Å². The Morgan fingerprint density at radius 2 is 1.54 bits per heavy atom. The fourth-order valence-corrected chi connectivity index (χ4v) is 2.62. The lowest BCUT2D eigenvalue weighted by atomic mass is 10.1. The molecule has 0 bridgehead atoms. The molecular weight excluding hydrogens is 322 g/mol. The summed E-state index contributed by atoms with van der Waals surface area (Å²) in [6, 6.07) is 24.0. The number of benzene rings is 3. The first-order valence-corrected chi connectivity index (χ1v) is 8.91. The molecule has 0 heterocycles. The number of aryl methyl sites for hydroxylation is 2. The molecule has 0 unspecified atom stereocenters. The Morgan fingerprint density at radius 3 is 2.27 bits per heavy atom. The number of rotatable bonds is 7. The summed E-state index contributed by atoms with van der Waals surface area (Å²) in [4.78, 5) is 0. The SMILES string of the molecule is Cc1ccc(C)c(O[C@@H](C)CNc2ccc(Oc3ccccc3)cc2)c1. The second-order valence-electron chi connectivity index (χ2n) is 6.52. The van der Waals surface area contributed by atoms with Crippen LogP contribution in [0.25, 0.3) is 0 Å². The van der Waals surface area contributed by atoms with Crippen molar-refractivity contribution < 1.29 is 9.47 Å². The maximum atomic E-state index is 6.06. The molecule has 0 amide bonds. The molecule has 1 atom stereocenters. The van der Waals surface area contributed by atoms with Gasteiger partial charge in [-0.3, -0.25) is 0 Å². The highest BCUT2D eigenvalue weighted by molar-refractivity contribution is 5.47. The van der Waals surface area contributed by atoms with E-state index in [9.17, 15) is 0 Å². The number of nitrogens with one attached hydrogen (secondary N) is 1. The summed E-state index contributed by atoms with van der Waals surface area (Å²) in [5, 5.41) is 3.41. The normalized spacial score (nSPS) is 11.7. The average molecular weight is 347 g/mol. The highest BCUT2D eigenvalue weighted by atomic mass is 16.5. The van der Waals surface area contributed by atoms with Gasteiger partial charge >= 0.3 is 0 Å². The van der Waals surface area contributed by atoms with Crippen molar-refractivity contribution in [3.63, 3.8) is 0 Å². The maximum absolute atomic E-state index is 6.06. The van der Waals surface area contributed by atoms with E-state index in [-0.39, 0.29) is 6.10 Å². The Balaban J connectivity index is 1.52. The molecule has 1 N–H and O–H groups in total. The van der Waals surface area contributed by atoms with Gasteiger partial charge in [-0.1, -0.05) is 30.3 Å². The fraction of sp³-hybridized carbons (Fsp3) is 0.217. The summed E-state index contributed by atoms with van der Waals surface area (Å²) in [6.07, 6.45) is 0.0655. The quantitative estimate of drug-likeness (QED) is 0.571. The first kappa shape index (κ1) is 17.9. The van der Waals surface area contributed by atoms with Gasteiger partial charge in [-0.15, -0.1) is 0 Å². The molecule has 3 heteroatoms. The van der Waals surface area contributed by atoms with Gasteiger partial charge in [-0.25, -0.2) is 0 Å². The highest BCUT2D eigenvalue weighted by Gasteiger charge is 2.07. The van der Waals surface area contributed by atoms with Crippen molar-refractivity contribution in [1.82, 2.24) is 0 Å². The summed E-state index contributed by atoms with van der Waals surface area (Å²) >= 11 is 0. The van der Waals surface area contributed by atoms with Crippen molar-refractivity contribution in [1.29, 1.82) is 0 Å². The van der Waals surface area contributed by atoms with Crippen LogP contribution in [0.1, 0.15) is 18.1 Å². The molecule has 134 valence electrons. The van der Waals surface area contributed by atoms with E-state index in [1.165, 1.54) is 5.56 Å². The van der Waals surface area contributed by atoms with E-state index >= 15 is 0 Å². The molecule has 0 aliphatic rings. The summed E-state index contributed by atoms with van der Waals surface area (Å²) in [6.45, 7) is 6.95. The van der Waals surface area contributed by atoms with Crippen LogP contribution in [0.3, 0.4) is 0 Å². The highest BCUT2D eigenvalue weighted by Crippen LogP contribution is 2.23. The van der Waals surface area contributed by atoms with Gasteiger partial charge in [-0.05, 0) is 74.4 Å². The number of hydrogen-bond donors (Lipinski definition) is 1. The van der Waals surface area contributed by atoms with Gasteiger partial charge in [0.05, 0.1) is 6.54 Å². The van der Waals surface area contributed by atoms with Crippen molar-refractivity contribution in [2.45, 2.75) is 26.9 Å². The Hall–Kier alpha value is -2.94. The van der Waals surface area contributed by atoms with E-state index in [1.807, 2.05) is 54.6 Å². The van der Waals surface area contributed by atoms with Crippen LogP contribution < -0.4 is 14.8 Å². The second kappa shape index (κ2) is 8.43. The molecular formula is C23H25NO2. The van der Waals surface area contributed by atoms with Crippen LogP contribution >= 0.6 is 0 Å². The van der Waals surface area contributed by atoms with Crippen molar-refractivity contribution >= 4 is 5.69 Å². The number of anilines is 1. The lowest BCUT2D eigenvalue weighted by molar-refractivity contribution is 0.233. The van der Waals surface area contributed by atoms with Gasteiger partial charge in [0, 0.05) is 5.69 Å². The van der Waals surface area contributed by atoms with E-state index in [0.717, 1.165) is 35.0 Å². The predicted molar refractivity (Wildman–Crippen MR) is 107 cm³/mol. The number of hydrogen-bond acceptors (Lipinski definition) is 3. The first-order chi connectivity index (χ1) is 12.6. The molecule has 0 aromatic heterocycles. The van der Waals surface area contributed by atoms with E-state index < -0.39 is 0 Å². The third kappa shape index (κ3) is 5.03. The molecule has 0 saturated heterocycles. The summed E-state index contributed by atoms with van der Waals surface area (Å²) in [5.74, 6) is 2.61. The van der Waals surface area contributed by atoms with Gasteiger partial charge in [-0.2, -0.15) is 0 Å². The molecule has 3 aromatic rings. The van der Waals surface area contributed by atoms with E-state index in [0.29, 0.717) is 0 Å². The summed E-state index contributed by atoms with van der Waals surface area (Å²) in [5.41, 5.74) is 3.41. The van der Waals surface area contributed by atoms with Gasteiger partial charge in [0.25, 0.3) is 0 Å².